The van der Waals surface area contributed by atoms with Gasteiger partial charge in [-0.15, -0.1) is 0 Å². The third-order valence-corrected chi connectivity index (χ3v) is 4.95. The molecule has 0 bridgehead atoms. The summed E-state index contributed by atoms with van der Waals surface area (Å²) in [6.45, 7) is 4.15. The average molecular weight is 439 g/mol. The molecule has 2 aliphatic heterocycles. The zero-order chi connectivity index (χ0) is 24.1. The summed E-state index contributed by atoms with van der Waals surface area (Å²) in [4.78, 5) is 43.1. The van der Waals surface area contributed by atoms with Crippen molar-refractivity contribution < 1.29 is 39.7 Å². The molecule has 1 fully saturated rings. The quantitative estimate of drug-likeness (QED) is 0.304. The van der Waals surface area contributed by atoms with E-state index in [1.165, 1.54) is 6.07 Å². The first-order valence-corrected chi connectivity index (χ1v) is 9.00. The molecule has 0 aliphatic carbocycles. The Kier molecular flexibility index (Phi) is 8.09. The van der Waals surface area contributed by atoms with Crippen molar-refractivity contribution in [1.82, 2.24) is 4.90 Å². The van der Waals surface area contributed by atoms with Gasteiger partial charge in [0.05, 0.1) is 17.2 Å². The number of nitro groups is 1. The van der Waals surface area contributed by atoms with E-state index in [4.69, 9.17) is 20.1 Å². The summed E-state index contributed by atoms with van der Waals surface area (Å²) >= 11 is 0. The van der Waals surface area contributed by atoms with Gasteiger partial charge >= 0.3 is 11.9 Å². The normalized spacial score (nSPS) is 21.3. The number of hydrogen-bond donors (Lipinski definition) is 4. The molecule has 3 rings (SSSR count). The number of aliphatic carboxylic acids is 3. The molecule has 31 heavy (non-hydrogen) atoms. The highest BCUT2D eigenvalue weighted by Gasteiger charge is 2.54. The van der Waals surface area contributed by atoms with Gasteiger partial charge in [0.15, 0.2) is 0 Å². The third kappa shape index (κ3) is 5.92. The average Bonchev–Trinajstić information content (AvgIpc) is 3.05. The minimum Gasteiger partial charge on any atom is -0.508 e. The van der Waals surface area contributed by atoms with E-state index in [1.54, 1.807) is 6.07 Å². The predicted octanol–water partition coefficient (Wildman–Crippen LogP) is 1.47. The van der Waals surface area contributed by atoms with Gasteiger partial charge in [0, 0.05) is 38.1 Å². The lowest BCUT2D eigenvalue weighted by Crippen LogP contribution is -2.45. The van der Waals surface area contributed by atoms with Gasteiger partial charge in [-0.3, -0.25) is 19.8 Å². The fourth-order valence-corrected chi connectivity index (χ4v) is 3.96. The van der Waals surface area contributed by atoms with Gasteiger partial charge in [-0.1, -0.05) is 6.92 Å². The van der Waals surface area contributed by atoms with E-state index in [0.717, 1.165) is 25.5 Å². The summed E-state index contributed by atoms with van der Waals surface area (Å²) in [5, 5.41) is 44.0. The van der Waals surface area contributed by atoms with E-state index in [2.05, 4.69) is 11.8 Å². The van der Waals surface area contributed by atoms with Crippen LogP contribution in [0.1, 0.15) is 25.8 Å². The molecule has 1 aromatic carbocycles. The number of aromatic hydroxyl groups is 1. The predicted molar refractivity (Wildman–Crippen MR) is 109 cm³/mol. The topological polar surface area (TPSA) is 182 Å². The highest BCUT2D eigenvalue weighted by Crippen LogP contribution is 2.54. The lowest BCUT2D eigenvalue weighted by atomic mass is 9.81. The number of carbonyl (C=O) groups is 3. The van der Waals surface area contributed by atoms with Crippen molar-refractivity contribution in [2.75, 3.05) is 25.5 Å². The molecule has 2 aliphatic rings. The zero-order valence-corrected chi connectivity index (χ0v) is 17.5. The number of benzene rings is 1. The Morgan fingerprint density at radius 3 is 2.06 bits per heavy atom. The smallest absolute Gasteiger partial charge is 0.328 e. The summed E-state index contributed by atoms with van der Waals surface area (Å²) in [6.07, 6.45) is 2.17. The number of phenols is 1. The lowest BCUT2D eigenvalue weighted by molar-refractivity contribution is -0.384. The number of nitrogens with zero attached hydrogens (tertiary/aromatic N) is 3. The zero-order valence-electron chi connectivity index (χ0n) is 17.5. The molecule has 2 heterocycles. The fourth-order valence-electron chi connectivity index (χ4n) is 3.96. The van der Waals surface area contributed by atoms with E-state index >= 15 is 0 Å². The molecular weight excluding hydrogens is 414 g/mol. The maximum atomic E-state index is 11.2. The van der Waals surface area contributed by atoms with E-state index in [9.17, 15) is 24.8 Å². The van der Waals surface area contributed by atoms with Crippen LogP contribution < -0.4 is 4.90 Å². The van der Waals surface area contributed by atoms with Crippen LogP contribution in [-0.4, -0.2) is 75.0 Å². The van der Waals surface area contributed by atoms with Crippen LogP contribution in [0.25, 0.3) is 0 Å². The summed E-state index contributed by atoms with van der Waals surface area (Å²) in [5.74, 6) is -3.38. The number of phenolic OH excluding ortho intramolecular Hbond substituents is 1. The first-order chi connectivity index (χ1) is 14.2. The van der Waals surface area contributed by atoms with Gasteiger partial charge in [0.2, 0.25) is 0 Å². The number of fused-ring (bicyclic) bond motifs is 3. The van der Waals surface area contributed by atoms with Crippen LogP contribution >= 0.6 is 0 Å². The van der Waals surface area contributed by atoms with Crippen LogP contribution in [0.5, 0.6) is 5.75 Å². The van der Waals surface area contributed by atoms with Crippen LogP contribution in [0.3, 0.4) is 0 Å². The number of likely N-dealkylation sites (N-methyl/N-ethyl adjacent to an activating group) is 2. The first-order valence-electron chi connectivity index (χ1n) is 9.00. The summed E-state index contributed by atoms with van der Waals surface area (Å²) in [6, 6.07) is 2.91. The molecule has 0 spiro atoms. The molecule has 2 atom stereocenters. The highest BCUT2D eigenvalue weighted by molar-refractivity contribution is 5.89. The van der Waals surface area contributed by atoms with Gasteiger partial charge < -0.3 is 25.3 Å². The van der Waals surface area contributed by atoms with E-state index in [1.807, 2.05) is 19.0 Å². The van der Waals surface area contributed by atoms with Crippen LogP contribution in [0.15, 0.2) is 24.3 Å². The molecule has 170 valence electrons. The molecule has 1 saturated heterocycles. The number of rotatable bonds is 3. The second-order valence-electron chi connectivity index (χ2n) is 7.28. The molecule has 0 saturated carbocycles. The maximum absolute atomic E-state index is 11.2. The van der Waals surface area contributed by atoms with E-state index < -0.39 is 22.8 Å². The Hall–Kier alpha value is -3.67. The Labute approximate surface area is 177 Å². The van der Waals surface area contributed by atoms with Gasteiger partial charge in [0.25, 0.3) is 11.7 Å². The summed E-state index contributed by atoms with van der Waals surface area (Å²) < 4.78 is 0. The Morgan fingerprint density at radius 1 is 1.16 bits per heavy atom. The number of anilines is 1. The molecule has 12 heteroatoms. The van der Waals surface area contributed by atoms with Crippen LogP contribution in [0, 0.1) is 10.1 Å². The van der Waals surface area contributed by atoms with E-state index in [0.29, 0.717) is 17.8 Å². The SMILES string of the molecule is CC(=O)O.CN1CC[C@@]2(C)c3cc(O)cc([N+](=O)[O-])c3N(C)[C@@H]12.O=C(O)C=CC(=O)O. The van der Waals surface area contributed by atoms with Crippen molar-refractivity contribution in [3.8, 4) is 5.75 Å². The van der Waals surface area contributed by atoms with E-state index in [-0.39, 0.29) is 23.0 Å². The summed E-state index contributed by atoms with van der Waals surface area (Å²) in [7, 11) is 3.92. The van der Waals surface area contributed by atoms with Crippen molar-refractivity contribution >= 4 is 29.3 Å². The molecule has 0 radical (unpaired) electrons. The van der Waals surface area contributed by atoms with Crippen molar-refractivity contribution in [3.63, 3.8) is 0 Å². The number of carboxylic acids is 3. The second kappa shape index (κ2) is 9.89. The van der Waals surface area contributed by atoms with Gasteiger partial charge in [0.1, 0.15) is 11.4 Å². The Morgan fingerprint density at radius 2 is 1.65 bits per heavy atom. The summed E-state index contributed by atoms with van der Waals surface area (Å²) in [5.41, 5.74) is 1.35. The molecule has 0 unspecified atom stereocenters. The minimum absolute atomic E-state index is 0.0125. The molecule has 12 nitrogen and oxygen atoms in total. The molecule has 0 aromatic heterocycles. The number of hydrogen-bond acceptors (Lipinski definition) is 8. The van der Waals surface area contributed by atoms with Gasteiger partial charge in [-0.25, -0.2) is 9.59 Å². The standard InChI is InChI=1S/C13H17N3O3.C4H4O4.C2H4O2/c1-13-4-5-14(2)12(13)15(3)11-9(13)6-8(17)7-10(11)16(18)19;5-3(6)1-2-4(7)8;1-2(3)4/h6-7,12,17H,4-5H2,1-3H3;1-2H,(H,5,6)(H,7,8);1H3,(H,3,4)/t12-,13+;;/m1../s1. The van der Waals surface area contributed by atoms with Crippen LogP contribution in [0.4, 0.5) is 11.4 Å². The number of nitro benzene ring substituents is 1. The highest BCUT2D eigenvalue weighted by atomic mass is 16.6. The lowest BCUT2D eigenvalue weighted by Gasteiger charge is -2.32. The molecule has 1 aromatic rings. The first kappa shape index (κ1) is 25.4. The van der Waals surface area contributed by atoms with Crippen LogP contribution in [0.2, 0.25) is 0 Å². The molecule has 4 N–H and O–H groups in total. The van der Waals surface area contributed by atoms with Crippen molar-refractivity contribution in [2.24, 2.45) is 0 Å². The number of likely N-dealkylation sites (tertiary alicyclic amines) is 1. The second-order valence-corrected chi connectivity index (χ2v) is 7.28. The van der Waals surface area contributed by atoms with Gasteiger partial charge in [-0.05, 0) is 25.1 Å². The maximum Gasteiger partial charge on any atom is 0.328 e. The minimum atomic E-state index is -1.26. The third-order valence-electron chi connectivity index (χ3n) is 4.95. The largest absolute Gasteiger partial charge is 0.508 e. The van der Waals surface area contributed by atoms with Crippen molar-refractivity contribution in [1.29, 1.82) is 0 Å². The van der Waals surface area contributed by atoms with Crippen LogP contribution in [-0.2, 0) is 19.8 Å². The monoisotopic (exact) mass is 439 g/mol. The van der Waals surface area contributed by atoms with Gasteiger partial charge in [-0.2, -0.15) is 0 Å². The molecular formula is C19H25N3O9. The Balaban J connectivity index is 0.000000336. The number of carboxylic acid groups (broad SMARTS) is 3. The van der Waals surface area contributed by atoms with Crippen molar-refractivity contribution in [3.05, 3.63) is 40.0 Å². The molecule has 0 amide bonds. The fraction of sp³-hybridized carbons (Fsp3) is 0.421. The van der Waals surface area contributed by atoms with Crippen molar-refractivity contribution in [2.45, 2.75) is 31.8 Å². The Bertz CT molecular complexity index is 895.